The number of aliphatic hydroxyl groups is 1. The fraction of sp³-hybridized carbons (Fsp3) is 0.444. The predicted molar refractivity (Wildman–Crippen MR) is 67.2 cm³/mol. The zero-order chi connectivity index (χ0) is 14.9. The van der Waals surface area contributed by atoms with Crippen molar-refractivity contribution in [1.82, 2.24) is 19.5 Å². The molecule has 2 aromatic rings. The normalized spacial score (nSPS) is 13.8. The van der Waals surface area contributed by atoms with Gasteiger partial charge in [0.25, 0.3) is 0 Å². The van der Waals surface area contributed by atoms with Gasteiger partial charge < -0.3 is 25.2 Å². The van der Waals surface area contributed by atoms with Crippen LogP contribution in [0.5, 0.6) is 0 Å². The number of rotatable bonds is 5. The van der Waals surface area contributed by atoms with Crippen LogP contribution in [-0.4, -0.2) is 46.7 Å². The van der Waals surface area contributed by atoms with Crippen molar-refractivity contribution in [2.24, 2.45) is 0 Å². The number of imidazole rings is 1. The molecule has 0 bridgehead atoms. The van der Waals surface area contributed by atoms with E-state index in [1.165, 1.54) is 10.9 Å². The van der Waals surface area contributed by atoms with Gasteiger partial charge in [0.1, 0.15) is 5.52 Å². The van der Waals surface area contributed by atoms with Crippen LogP contribution in [-0.2, 0) is 11.1 Å². The summed E-state index contributed by atoms with van der Waals surface area (Å²) in [6.07, 6.45) is -1.41. The molecule has 2 heterocycles. The summed E-state index contributed by atoms with van der Waals surface area (Å²) < 4.78 is 25.2. The van der Waals surface area contributed by atoms with Crippen LogP contribution in [0.1, 0.15) is 6.42 Å². The molecule has 9 nitrogen and oxygen atoms in total. The van der Waals surface area contributed by atoms with E-state index in [9.17, 15) is 14.1 Å². The van der Waals surface area contributed by atoms with Crippen molar-refractivity contribution in [3.63, 3.8) is 0 Å². The summed E-state index contributed by atoms with van der Waals surface area (Å²) in [7, 11) is -4.27. The molecule has 2 aromatic heterocycles. The van der Waals surface area contributed by atoms with E-state index in [-0.39, 0.29) is 29.9 Å². The summed E-state index contributed by atoms with van der Waals surface area (Å²) in [6, 6.07) is 0. The zero-order valence-corrected chi connectivity index (χ0v) is 11.1. The summed E-state index contributed by atoms with van der Waals surface area (Å²) in [6.45, 7) is 0.160. The van der Waals surface area contributed by atoms with E-state index in [0.29, 0.717) is 0 Å². The molecule has 0 aromatic carbocycles. The highest BCUT2D eigenvalue weighted by Gasteiger charge is 2.20. The number of nitrogen functional groups attached to an aromatic ring is 1. The average molecular weight is 305 g/mol. The SMILES string of the molecule is Nc1nc(F)nc2c1ncn2CC[C@@H](O)CP(=O)(O)O. The van der Waals surface area contributed by atoms with E-state index in [2.05, 4.69) is 15.0 Å². The molecule has 0 saturated heterocycles. The maximum absolute atomic E-state index is 13.1. The minimum Gasteiger partial charge on any atom is -0.392 e. The lowest BCUT2D eigenvalue weighted by atomic mass is 10.3. The molecule has 11 heteroatoms. The van der Waals surface area contributed by atoms with E-state index in [4.69, 9.17) is 15.5 Å². The molecule has 0 fully saturated rings. The Morgan fingerprint density at radius 2 is 2.15 bits per heavy atom. The van der Waals surface area contributed by atoms with Crippen LogP contribution in [0.25, 0.3) is 11.2 Å². The van der Waals surface area contributed by atoms with Crippen molar-refractivity contribution >= 4 is 24.6 Å². The molecule has 0 unspecified atom stereocenters. The second-order valence-corrected chi connectivity index (χ2v) is 5.97. The Hall–Kier alpha value is -1.61. The molecule has 0 aliphatic heterocycles. The first-order chi connectivity index (χ1) is 9.26. The third-order valence-electron chi connectivity index (χ3n) is 2.62. The summed E-state index contributed by atoms with van der Waals surface area (Å²) in [5, 5.41) is 9.51. The number of fused-ring (bicyclic) bond motifs is 1. The molecule has 0 radical (unpaired) electrons. The molecular formula is C9H13FN5O4P. The first-order valence-electron chi connectivity index (χ1n) is 5.63. The van der Waals surface area contributed by atoms with Gasteiger partial charge >= 0.3 is 13.7 Å². The zero-order valence-electron chi connectivity index (χ0n) is 10.2. The number of hydrogen-bond acceptors (Lipinski definition) is 6. The highest BCUT2D eigenvalue weighted by Crippen LogP contribution is 2.35. The van der Waals surface area contributed by atoms with Crippen LogP contribution >= 0.6 is 7.60 Å². The average Bonchev–Trinajstić information content (AvgIpc) is 2.67. The first kappa shape index (κ1) is 14.8. The van der Waals surface area contributed by atoms with Crippen molar-refractivity contribution in [1.29, 1.82) is 0 Å². The number of hydrogen-bond donors (Lipinski definition) is 4. The number of anilines is 1. The Labute approximate surface area is 112 Å². The molecule has 0 spiro atoms. The van der Waals surface area contributed by atoms with Gasteiger partial charge in [0, 0.05) is 6.54 Å². The summed E-state index contributed by atoms with van der Waals surface area (Å²) in [5.41, 5.74) is 5.89. The molecule has 5 N–H and O–H groups in total. The van der Waals surface area contributed by atoms with E-state index in [1.807, 2.05) is 0 Å². The number of nitrogens with zero attached hydrogens (tertiary/aromatic N) is 4. The fourth-order valence-electron chi connectivity index (χ4n) is 1.76. The lowest BCUT2D eigenvalue weighted by Crippen LogP contribution is -2.15. The van der Waals surface area contributed by atoms with Crippen LogP contribution < -0.4 is 5.73 Å². The van der Waals surface area contributed by atoms with Gasteiger partial charge in [-0.05, 0) is 6.42 Å². The number of aromatic nitrogens is 4. The third kappa shape index (κ3) is 3.48. The topological polar surface area (TPSA) is 147 Å². The van der Waals surface area contributed by atoms with Crippen molar-refractivity contribution < 1.29 is 23.8 Å². The molecule has 0 saturated carbocycles. The third-order valence-corrected chi connectivity index (χ3v) is 3.51. The highest BCUT2D eigenvalue weighted by atomic mass is 31.2. The minimum atomic E-state index is -4.27. The number of halogens is 1. The maximum Gasteiger partial charge on any atom is 0.328 e. The van der Waals surface area contributed by atoms with E-state index >= 15 is 0 Å². The lowest BCUT2D eigenvalue weighted by molar-refractivity contribution is 0.173. The van der Waals surface area contributed by atoms with Gasteiger partial charge in [0.15, 0.2) is 11.5 Å². The largest absolute Gasteiger partial charge is 0.392 e. The summed E-state index contributed by atoms with van der Waals surface area (Å²) in [4.78, 5) is 28.3. The molecule has 1 atom stereocenters. The van der Waals surface area contributed by atoms with Crippen molar-refractivity contribution in [2.45, 2.75) is 19.1 Å². The van der Waals surface area contributed by atoms with Crippen LogP contribution in [0.2, 0.25) is 0 Å². The Bertz CT molecular complexity index is 672. The Balaban J connectivity index is 2.13. The predicted octanol–water partition coefficient (Wildman–Crippen LogP) is -0.524. The van der Waals surface area contributed by atoms with Crippen molar-refractivity contribution in [3.8, 4) is 0 Å². The highest BCUT2D eigenvalue weighted by molar-refractivity contribution is 7.51. The van der Waals surface area contributed by atoms with Gasteiger partial charge in [-0.3, -0.25) is 4.57 Å². The van der Waals surface area contributed by atoms with Crippen LogP contribution in [0.15, 0.2) is 6.33 Å². The molecule has 2 rings (SSSR count). The van der Waals surface area contributed by atoms with Crippen LogP contribution in [0.3, 0.4) is 0 Å². The second kappa shape index (κ2) is 5.41. The number of aryl methyl sites for hydroxylation is 1. The minimum absolute atomic E-state index is 0.0576. The molecular weight excluding hydrogens is 292 g/mol. The van der Waals surface area contributed by atoms with Crippen molar-refractivity contribution in [3.05, 3.63) is 12.4 Å². The lowest BCUT2D eigenvalue weighted by Gasteiger charge is -2.11. The van der Waals surface area contributed by atoms with E-state index in [0.717, 1.165) is 0 Å². The Morgan fingerprint density at radius 1 is 1.45 bits per heavy atom. The smallest absolute Gasteiger partial charge is 0.328 e. The summed E-state index contributed by atoms with van der Waals surface area (Å²) in [5.74, 6) is -0.0954. The second-order valence-electron chi connectivity index (χ2n) is 4.28. The Kier molecular flexibility index (Phi) is 4.00. The maximum atomic E-state index is 13.1. The first-order valence-corrected chi connectivity index (χ1v) is 7.42. The van der Waals surface area contributed by atoms with Gasteiger partial charge in [-0.15, -0.1) is 0 Å². The molecule has 0 aliphatic carbocycles. The molecule has 0 amide bonds. The van der Waals surface area contributed by atoms with Crippen LogP contribution in [0.4, 0.5) is 10.2 Å². The van der Waals surface area contributed by atoms with E-state index < -0.39 is 25.9 Å². The molecule has 110 valence electrons. The monoisotopic (exact) mass is 305 g/mol. The number of aliphatic hydroxyl groups excluding tert-OH is 1. The van der Waals surface area contributed by atoms with Gasteiger partial charge in [-0.1, -0.05) is 0 Å². The summed E-state index contributed by atoms with van der Waals surface area (Å²) >= 11 is 0. The quantitative estimate of drug-likeness (QED) is 0.426. The fourth-order valence-corrected chi connectivity index (χ4v) is 2.49. The van der Waals surface area contributed by atoms with Gasteiger partial charge in [-0.25, -0.2) is 4.98 Å². The molecule has 20 heavy (non-hydrogen) atoms. The number of nitrogens with two attached hydrogens (primary N) is 1. The standard InChI is InChI=1S/C9H13FN5O4P/c10-9-13-7(11)6-8(14-9)15(4-12-6)2-1-5(16)3-20(17,18)19/h4-5,16H,1-3H2,(H2,11,13,14)(H2,17,18,19)/t5-/m1/s1. The van der Waals surface area contributed by atoms with Crippen molar-refractivity contribution in [2.75, 3.05) is 11.9 Å². The van der Waals surface area contributed by atoms with Gasteiger partial charge in [-0.2, -0.15) is 14.4 Å². The van der Waals surface area contributed by atoms with Gasteiger partial charge in [0.2, 0.25) is 0 Å². The Morgan fingerprint density at radius 3 is 2.80 bits per heavy atom. The van der Waals surface area contributed by atoms with E-state index in [1.54, 1.807) is 0 Å². The van der Waals surface area contributed by atoms with Gasteiger partial charge in [0.05, 0.1) is 18.6 Å². The molecule has 0 aliphatic rings. The van der Waals surface area contributed by atoms with Crippen LogP contribution in [0, 0.1) is 6.08 Å².